The van der Waals surface area contributed by atoms with Gasteiger partial charge in [0.25, 0.3) is 0 Å². The molecule has 1 N–H and O–H groups in total. The van der Waals surface area contributed by atoms with E-state index in [4.69, 9.17) is 4.99 Å². The fraction of sp³-hybridized carbons (Fsp3) is 0.421. The highest BCUT2D eigenvalue weighted by Gasteiger charge is 2.28. The topological polar surface area (TPSA) is 52.9 Å². The summed E-state index contributed by atoms with van der Waals surface area (Å²) in [6.07, 6.45) is 12.3. The van der Waals surface area contributed by atoms with Crippen molar-refractivity contribution in [2.45, 2.75) is 32.6 Å². The monoisotopic (exact) mass is 321 g/mol. The van der Waals surface area contributed by atoms with Gasteiger partial charge in [0.05, 0.1) is 5.70 Å². The zero-order valence-electron chi connectivity index (χ0n) is 14.1. The van der Waals surface area contributed by atoms with Crippen LogP contribution in [0.25, 0.3) is 5.70 Å². The van der Waals surface area contributed by atoms with E-state index in [1.165, 1.54) is 24.1 Å². The number of fused-ring (bicyclic) bond motifs is 1. The lowest BCUT2D eigenvalue weighted by atomic mass is 9.92. The quantitative estimate of drug-likeness (QED) is 0.910. The third-order valence-corrected chi connectivity index (χ3v) is 4.87. The van der Waals surface area contributed by atoms with E-state index < -0.39 is 0 Å². The predicted octanol–water partition coefficient (Wildman–Crippen LogP) is 3.19. The van der Waals surface area contributed by atoms with Gasteiger partial charge in [0.2, 0.25) is 0 Å². The predicted molar refractivity (Wildman–Crippen MR) is 97.5 cm³/mol. The fourth-order valence-electron chi connectivity index (χ4n) is 3.48. The second-order valence-electron chi connectivity index (χ2n) is 6.60. The number of hydrogen-bond acceptors (Lipinski definition) is 5. The van der Waals surface area contributed by atoms with Crippen LogP contribution >= 0.6 is 0 Å². The van der Waals surface area contributed by atoms with Crippen molar-refractivity contribution in [3.8, 4) is 0 Å². The van der Waals surface area contributed by atoms with Crippen LogP contribution in [0.4, 0.5) is 0 Å². The summed E-state index contributed by atoms with van der Waals surface area (Å²) < 4.78 is 0. The van der Waals surface area contributed by atoms with Crippen molar-refractivity contribution >= 4 is 17.6 Å². The Balaban J connectivity index is 1.81. The minimum atomic E-state index is 0.477. The summed E-state index contributed by atoms with van der Waals surface area (Å²) in [5, 5.41) is 10.2. The van der Waals surface area contributed by atoms with Crippen LogP contribution in [0.5, 0.6) is 0 Å². The second-order valence-corrected chi connectivity index (χ2v) is 6.60. The van der Waals surface area contributed by atoms with E-state index in [1.807, 2.05) is 35.7 Å². The van der Waals surface area contributed by atoms with Crippen LogP contribution in [-0.2, 0) is 0 Å². The fourth-order valence-corrected chi connectivity index (χ4v) is 3.48. The Bertz CT molecular complexity index is 723. The van der Waals surface area contributed by atoms with Crippen molar-refractivity contribution in [3.63, 3.8) is 0 Å². The lowest BCUT2D eigenvalue weighted by Crippen LogP contribution is -2.35. The molecule has 5 nitrogen and oxygen atoms in total. The van der Waals surface area contributed by atoms with Gasteiger partial charge >= 0.3 is 0 Å². The highest BCUT2D eigenvalue weighted by atomic mass is 15.5. The minimum Gasteiger partial charge on any atom is -0.316 e. The first-order valence-electron chi connectivity index (χ1n) is 8.76. The van der Waals surface area contributed by atoms with Crippen molar-refractivity contribution in [2.75, 3.05) is 13.1 Å². The van der Waals surface area contributed by atoms with E-state index in [1.54, 1.807) is 0 Å². The first-order chi connectivity index (χ1) is 11.8. The standard InChI is InChI=1S/C19H23N5/c1-14-4-2-9-22-24-18(15-6-10-20-11-7-15)12-17(23-19(14)24)16-5-3-8-21-13-16/h6-7,9-12,16,21H,2-5,8,13H2,1H3. The van der Waals surface area contributed by atoms with Gasteiger partial charge in [-0.25, -0.2) is 10.0 Å². The molecule has 3 aliphatic heterocycles. The minimum absolute atomic E-state index is 0.477. The summed E-state index contributed by atoms with van der Waals surface area (Å²) in [4.78, 5) is 9.17. The molecule has 0 amide bonds. The molecule has 1 unspecified atom stereocenters. The number of aromatic nitrogens is 1. The number of hydrazone groups is 1. The van der Waals surface area contributed by atoms with Crippen LogP contribution in [0.15, 0.2) is 52.1 Å². The molecular formula is C19H23N5. The van der Waals surface area contributed by atoms with Gasteiger partial charge in [0.1, 0.15) is 0 Å². The van der Waals surface area contributed by atoms with Gasteiger partial charge in [-0.05, 0) is 62.9 Å². The zero-order chi connectivity index (χ0) is 16.4. The first kappa shape index (κ1) is 15.3. The van der Waals surface area contributed by atoms with Gasteiger partial charge < -0.3 is 5.32 Å². The van der Waals surface area contributed by atoms with Gasteiger partial charge in [-0.1, -0.05) is 0 Å². The lowest BCUT2D eigenvalue weighted by molar-refractivity contribution is 0.452. The molecule has 4 rings (SSSR count). The molecule has 0 saturated carbocycles. The molecule has 1 saturated heterocycles. The maximum atomic E-state index is 5.02. The molecule has 4 heterocycles. The van der Waals surface area contributed by atoms with Gasteiger partial charge in [-0.2, -0.15) is 5.10 Å². The number of piperidine rings is 1. The number of pyridine rings is 1. The smallest absolute Gasteiger partial charge is 0.153 e. The summed E-state index contributed by atoms with van der Waals surface area (Å²) >= 11 is 0. The van der Waals surface area contributed by atoms with Crippen LogP contribution in [0.2, 0.25) is 0 Å². The Labute approximate surface area is 142 Å². The summed E-state index contributed by atoms with van der Waals surface area (Å²) in [7, 11) is 0. The molecule has 1 atom stereocenters. The summed E-state index contributed by atoms with van der Waals surface area (Å²) in [6, 6.07) is 4.09. The molecule has 0 aliphatic carbocycles. The first-order valence-corrected chi connectivity index (χ1v) is 8.76. The maximum absolute atomic E-state index is 5.02. The molecule has 0 aromatic carbocycles. The molecule has 0 spiro atoms. The van der Waals surface area contributed by atoms with E-state index in [0.717, 1.165) is 43.0 Å². The number of allylic oxidation sites excluding steroid dienone is 2. The third kappa shape index (κ3) is 2.91. The van der Waals surface area contributed by atoms with Gasteiger partial charge in [-0.3, -0.25) is 4.98 Å². The van der Waals surface area contributed by atoms with E-state index in [9.17, 15) is 0 Å². The normalized spacial score (nSPS) is 24.2. The van der Waals surface area contributed by atoms with Crippen LogP contribution < -0.4 is 5.32 Å². The van der Waals surface area contributed by atoms with Crippen LogP contribution in [0.3, 0.4) is 0 Å². The van der Waals surface area contributed by atoms with Crippen LogP contribution in [0.1, 0.15) is 38.2 Å². The van der Waals surface area contributed by atoms with Crippen molar-refractivity contribution < 1.29 is 0 Å². The van der Waals surface area contributed by atoms with Crippen molar-refractivity contribution in [3.05, 3.63) is 47.6 Å². The highest BCUT2D eigenvalue weighted by molar-refractivity contribution is 6.04. The number of hydrogen-bond donors (Lipinski definition) is 1. The van der Waals surface area contributed by atoms with E-state index in [-0.39, 0.29) is 0 Å². The molecule has 1 fully saturated rings. The number of nitrogens with zero attached hydrogens (tertiary/aromatic N) is 4. The Hall–Kier alpha value is -2.27. The molecule has 0 radical (unpaired) electrons. The molecule has 0 bridgehead atoms. The Morgan fingerprint density at radius 1 is 1.25 bits per heavy atom. The number of rotatable bonds is 2. The number of nitrogens with one attached hydrogen (secondary N) is 1. The maximum Gasteiger partial charge on any atom is 0.153 e. The third-order valence-electron chi connectivity index (χ3n) is 4.87. The SMILES string of the molecule is CC1=C2N=C(C3CCCNC3)C=C(c3ccncc3)N2N=CCC1. The van der Waals surface area contributed by atoms with E-state index in [0.29, 0.717) is 5.92 Å². The molecule has 5 heteroatoms. The average molecular weight is 321 g/mol. The summed E-state index contributed by atoms with van der Waals surface area (Å²) in [5.41, 5.74) is 4.70. The van der Waals surface area contributed by atoms with Crippen molar-refractivity contribution in [2.24, 2.45) is 16.0 Å². The van der Waals surface area contributed by atoms with Crippen molar-refractivity contribution in [1.29, 1.82) is 0 Å². The Morgan fingerprint density at radius 2 is 2.12 bits per heavy atom. The van der Waals surface area contributed by atoms with Crippen LogP contribution in [-0.4, -0.2) is 35.0 Å². The largest absolute Gasteiger partial charge is 0.316 e. The Kier molecular flexibility index (Phi) is 4.26. The lowest BCUT2D eigenvalue weighted by Gasteiger charge is -2.31. The Morgan fingerprint density at radius 3 is 2.92 bits per heavy atom. The molecule has 1 aromatic heterocycles. The number of aliphatic imine (C=N–C) groups is 1. The van der Waals surface area contributed by atoms with E-state index in [2.05, 4.69) is 28.4 Å². The van der Waals surface area contributed by atoms with Crippen molar-refractivity contribution in [1.82, 2.24) is 15.3 Å². The highest BCUT2D eigenvalue weighted by Crippen LogP contribution is 2.34. The van der Waals surface area contributed by atoms with Gasteiger partial charge in [0.15, 0.2) is 5.82 Å². The average Bonchev–Trinajstić information content (AvgIpc) is 2.84. The second kappa shape index (κ2) is 6.69. The molecule has 1 aromatic rings. The molecular weight excluding hydrogens is 298 g/mol. The van der Waals surface area contributed by atoms with Gasteiger partial charge in [-0.15, -0.1) is 0 Å². The molecule has 124 valence electrons. The summed E-state index contributed by atoms with van der Waals surface area (Å²) in [5.74, 6) is 1.48. The van der Waals surface area contributed by atoms with Crippen LogP contribution in [0, 0.1) is 5.92 Å². The zero-order valence-corrected chi connectivity index (χ0v) is 14.1. The summed E-state index contributed by atoms with van der Waals surface area (Å²) in [6.45, 7) is 4.30. The van der Waals surface area contributed by atoms with Gasteiger partial charge in [0, 0.05) is 42.3 Å². The molecule has 24 heavy (non-hydrogen) atoms. The van der Waals surface area contributed by atoms with E-state index >= 15 is 0 Å². The molecule has 3 aliphatic rings.